The van der Waals surface area contributed by atoms with Crippen LogP contribution >= 0.6 is 0 Å². The van der Waals surface area contributed by atoms with Crippen molar-refractivity contribution >= 4 is 29.8 Å². The van der Waals surface area contributed by atoms with Crippen LogP contribution in [0.4, 0.5) is 10.1 Å². The van der Waals surface area contributed by atoms with Gasteiger partial charge in [0.05, 0.1) is 6.54 Å². The smallest absolute Gasteiger partial charge is 0.344 e. The Hall–Kier alpha value is -3.75. The molecule has 0 aliphatic carbocycles. The number of carbonyl (C=O) groups is 4. The first kappa shape index (κ1) is 20.6. The maximum Gasteiger partial charge on any atom is 0.344 e. The minimum Gasteiger partial charge on any atom is -0.482 e. The topological polar surface area (TPSA) is 111 Å². The molecule has 2 aromatic rings. The molecule has 2 amide bonds. The quantitative estimate of drug-likeness (QED) is 0.495. The summed E-state index contributed by atoms with van der Waals surface area (Å²) in [5, 5.41) is 4.75. The maximum atomic E-state index is 12.8. The van der Waals surface area contributed by atoms with Gasteiger partial charge in [0.25, 0.3) is 5.91 Å². The minimum absolute atomic E-state index is 0.340. The van der Waals surface area contributed by atoms with Gasteiger partial charge in [-0.05, 0) is 48.5 Å². The van der Waals surface area contributed by atoms with E-state index in [-0.39, 0.29) is 6.54 Å². The maximum absolute atomic E-state index is 12.8. The van der Waals surface area contributed by atoms with E-state index in [0.717, 1.165) is 0 Å². The number of aldehydes is 1. The molecular weight excluding hydrogens is 371 g/mol. The van der Waals surface area contributed by atoms with Crippen molar-refractivity contribution in [2.45, 2.75) is 0 Å². The fourth-order valence-electron chi connectivity index (χ4n) is 1.94. The summed E-state index contributed by atoms with van der Waals surface area (Å²) in [5.41, 5.74) is 0.848. The lowest BCUT2D eigenvalue weighted by atomic mass is 10.2. The highest BCUT2D eigenvalue weighted by atomic mass is 19.1. The number of hydrogen-bond acceptors (Lipinski definition) is 6. The van der Waals surface area contributed by atoms with Crippen LogP contribution in [0.25, 0.3) is 0 Å². The van der Waals surface area contributed by atoms with E-state index in [0.29, 0.717) is 23.3 Å². The minimum atomic E-state index is -0.773. The summed E-state index contributed by atoms with van der Waals surface area (Å²) in [6.07, 6.45) is 0.677. The number of anilines is 1. The van der Waals surface area contributed by atoms with E-state index in [9.17, 15) is 23.6 Å². The molecule has 0 aliphatic heterocycles. The third-order valence-electron chi connectivity index (χ3n) is 3.31. The largest absolute Gasteiger partial charge is 0.482 e. The Morgan fingerprint density at radius 3 is 2.25 bits per heavy atom. The zero-order valence-corrected chi connectivity index (χ0v) is 14.6. The van der Waals surface area contributed by atoms with Gasteiger partial charge >= 0.3 is 5.97 Å². The van der Waals surface area contributed by atoms with Gasteiger partial charge in [-0.25, -0.2) is 9.18 Å². The van der Waals surface area contributed by atoms with Crippen molar-refractivity contribution in [1.82, 2.24) is 5.32 Å². The zero-order valence-electron chi connectivity index (χ0n) is 14.6. The first-order valence-corrected chi connectivity index (χ1v) is 8.12. The second kappa shape index (κ2) is 10.4. The molecule has 9 heteroatoms. The van der Waals surface area contributed by atoms with Crippen LogP contribution in [0, 0.1) is 5.82 Å². The first-order valence-electron chi connectivity index (χ1n) is 8.12. The molecule has 0 unspecified atom stereocenters. The molecule has 0 radical (unpaired) electrons. The predicted molar refractivity (Wildman–Crippen MR) is 96.3 cm³/mol. The highest BCUT2D eigenvalue weighted by Crippen LogP contribution is 2.11. The summed E-state index contributed by atoms with van der Waals surface area (Å²) >= 11 is 0. The van der Waals surface area contributed by atoms with Gasteiger partial charge in [0.1, 0.15) is 17.9 Å². The Labute approximate surface area is 159 Å². The van der Waals surface area contributed by atoms with Crippen LogP contribution in [0.1, 0.15) is 10.4 Å². The van der Waals surface area contributed by atoms with Crippen molar-refractivity contribution in [2.24, 2.45) is 0 Å². The summed E-state index contributed by atoms with van der Waals surface area (Å²) in [7, 11) is 0. The van der Waals surface area contributed by atoms with Gasteiger partial charge in [-0.15, -0.1) is 0 Å². The molecular formula is C19H17FN2O6. The molecule has 8 nitrogen and oxygen atoms in total. The third-order valence-corrected chi connectivity index (χ3v) is 3.31. The van der Waals surface area contributed by atoms with Crippen LogP contribution < -0.4 is 15.4 Å². The number of hydrogen-bond donors (Lipinski definition) is 2. The number of esters is 1. The average molecular weight is 388 g/mol. The molecule has 0 atom stereocenters. The number of nitrogens with one attached hydrogen (secondary N) is 2. The fraction of sp³-hybridized carbons (Fsp3) is 0.158. The molecule has 0 saturated heterocycles. The second-order valence-corrected chi connectivity index (χ2v) is 5.47. The van der Waals surface area contributed by atoms with Gasteiger partial charge in [-0.1, -0.05) is 0 Å². The molecule has 0 heterocycles. The van der Waals surface area contributed by atoms with Crippen molar-refractivity contribution < 1.29 is 33.0 Å². The molecule has 2 aromatic carbocycles. The highest BCUT2D eigenvalue weighted by molar-refractivity contribution is 5.94. The Morgan fingerprint density at radius 1 is 0.929 bits per heavy atom. The third kappa shape index (κ3) is 7.24. The Kier molecular flexibility index (Phi) is 7.64. The van der Waals surface area contributed by atoms with Crippen molar-refractivity contribution in [3.63, 3.8) is 0 Å². The highest BCUT2D eigenvalue weighted by Gasteiger charge is 2.10. The lowest BCUT2D eigenvalue weighted by Gasteiger charge is -2.08. The number of amides is 2. The molecule has 28 heavy (non-hydrogen) atoms. The van der Waals surface area contributed by atoms with Gasteiger partial charge in [-0.2, -0.15) is 0 Å². The monoisotopic (exact) mass is 388 g/mol. The molecule has 146 valence electrons. The lowest BCUT2D eigenvalue weighted by Crippen LogP contribution is -2.36. The number of carbonyl (C=O) groups excluding carboxylic acids is 4. The van der Waals surface area contributed by atoms with E-state index in [4.69, 9.17) is 9.47 Å². The van der Waals surface area contributed by atoms with E-state index in [2.05, 4.69) is 10.6 Å². The second-order valence-electron chi connectivity index (χ2n) is 5.47. The predicted octanol–water partition coefficient (Wildman–Crippen LogP) is 1.32. The van der Waals surface area contributed by atoms with Crippen molar-refractivity contribution in [1.29, 1.82) is 0 Å². The normalized spacial score (nSPS) is 9.89. The van der Waals surface area contributed by atoms with Crippen molar-refractivity contribution in [3.8, 4) is 5.75 Å². The average Bonchev–Trinajstić information content (AvgIpc) is 2.71. The number of halogens is 1. The zero-order chi connectivity index (χ0) is 20.4. The van der Waals surface area contributed by atoms with Crippen LogP contribution in [0.3, 0.4) is 0 Å². The van der Waals surface area contributed by atoms with Crippen molar-refractivity contribution in [2.75, 3.05) is 25.1 Å². The van der Waals surface area contributed by atoms with Gasteiger partial charge in [0.15, 0.2) is 13.2 Å². The standard InChI is InChI=1S/C19H17FN2O6/c20-14-3-5-15(6-4-14)22-17(24)9-21-18(25)11-28-19(26)12-27-16-7-1-13(10-23)2-8-16/h1-8,10H,9,11-12H2,(H,21,25)(H,22,24). The Bertz CT molecular complexity index is 837. The van der Waals surface area contributed by atoms with Crippen LogP contribution in [0.2, 0.25) is 0 Å². The van der Waals surface area contributed by atoms with E-state index < -0.39 is 36.8 Å². The lowest BCUT2D eigenvalue weighted by molar-refractivity contribution is -0.150. The summed E-state index contributed by atoms with van der Waals surface area (Å²) in [6.45, 7) is -1.33. The molecule has 2 rings (SSSR count). The Balaban J connectivity index is 1.62. The summed E-state index contributed by atoms with van der Waals surface area (Å²) in [4.78, 5) is 45.4. The number of rotatable bonds is 9. The van der Waals surface area contributed by atoms with E-state index in [1.54, 1.807) is 0 Å². The molecule has 0 aliphatic rings. The van der Waals surface area contributed by atoms with Crippen LogP contribution in [-0.2, 0) is 19.1 Å². The molecule has 0 spiro atoms. The van der Waals surface area contributed by atoms with Gasteiger partial charge in [0.2, 0.25) is 5.91 Å². The van der Waals surface area contributed by atoms with Crippen LogP contribution in [0.15, 0.2) is 48.5 Å². The van der Waals surface area contributed by atoms with Gasteiger partial charge in [-0.3, -0.25) is 14.4 Å². The number of benzene rings is 2. The molecule has 0 fully saturated rings. The molecule has 0 saturated carbocycles. The van der Waals surface area contributed by atoms with Gasteiger partial charge < -0.3 is 20.1 Å². The molecule has 0 aromatic heterocycles. The van der Waals surface area contributed by atoms with Crippen LogP contribution in [-0.4, -0.2) is 43.8 Å². The van der Waals surface area contributed by atoms with E-state index >= 15 is 0 Å². The van der Waals surface area contributed by atoms with Crippen molar-refractivity contribution in [3.05, 3.63) is 59.9 Å². The SMILES string of the molecule is O=Cc1ccc(OCC(=O)OCC(=O)NCC(=O)Nc2ccc(F)cc2)cc1. The fourth-order valence-corrected chi connectivity index (χ4v) is 1.94. The summed E-state index contributed by atoms with van der Waals surface area (Å²) in [6, 6.07) is 11.2. The van der Waals surface area contributed by atoms with E-state index in [1.165, 1.54) is 48.5 Å². The number of ether oxygens (including phenoxy) is 2. The summed E-state index contributed by atoms with van der Waals surface area (Å²) in [5.74, 6) is -2.03. The Morgan fingerprint density at radius 2 is 1.61 bits per heavy atom. The molecule has 2 N–H and O–H groups in total. The molecule has 0 bridgehead atoms. The van der Waals surface area contributed by atoms with Crippen LogP contribution in [0.5, 0.6) is 5.75 Å². The summed E-state index contributed by atoms with van der Waals surface area (Å²) < 4.78 is 22.7. The van der Waals surface area contributed by atoms with Gasteiger partial charge in [0, 0.05) is 11.3 Å². The first-order chi connectivity index (χ1) is 13.5. The van der Waals surface area contributed by atoms with E-state index in [1.807, 2.05) is 0 Å².